The lowest BCUT2D eigenvalue weighted by molar-refractivity contribution is -0.120. The average Bonchev–Trinajstić information content (AvgIpc) is 2.66. The molecule has 0 spiro atoms. The molecule has 1 atom stereocenters. The number of imide groups is 1. The van der Waals surface area contributed by atoms with Gasteiger partial charge in [0.2, 0.25) is 5.91 Å². The number of primary amides is 1. The van der Waals surface area contributed by atoms with E-state index >= 15 is 0 Å². The summed E-state index contributed by atoms with van der Waals surface area (Å²) in [4.78, 5) is 44.1. The van der Waals surface area contributed by atoms with Gasteiger partial charge in [-0.25, -0.2) is 9.78 Å². The van der Waals surface area contributed by atoms with Crippen molar-refractivity contribution in [3.05, 3.63) is 34.6 Å². The van der Waals surface area contributed by atoms with E-state index in [1.807, 2.05) is 26.0 Å². The van der Waals surface area contributed by atoms with Gasteiger partial charge in [-0.15, -0.1) is 0 Å². The number of nitrogens with two attached hydrogens (primary N) is 1. The number of benzene rings is 1. The first-order valence-electron chi connectivity index (χ1n) is 10.5. The predicted octanol–water partition coefficient (Wildman–Crippen LogP) is 2.83. The van der Waals surface area contributed by atoms with Crippen LogP contribution in [0.1, 0.15) is 41.5 Å². The molecule has 1 heterocycles. The molecule has 1 aromatic heterocycles. The number of carbonyl (C=O) groups excluding carboxylic acids is 2. The third-order valence-electron chi connectivity index (χ3n) is 5.08. The molecule has 0 saturated heterocycles. The van der Waals surface area contributed by atoms with Crippen LogP contribution in [0.3, 0.4) is 0 Å². The van der Waals surface area contributed by atoms with Crippen LogP contribution in [0.4, 0.5) is 4.79 Å². The van der Waals surface area contributed by atoms with Crippen LogP contribution in [-0.4, -0.2) is 50.3 Å². The second-order valence-electron chi connectivity index (χ2n) is 8.43. The lowest BCUT2D eigenvalue weighted by atomic mass is 10.1. The molecule has 0 aliphatic rings. The Balaban J connectivity index is 2.50. The molecule has 0 aliphatic carbocycles. The average molecular weight is 448 g/mol. The number of rotatable bonds is 9. The summed E-state index contributed by atoms with van der Waals surface area (Å²) in [6.07, 6.45) is 0. The highest BCUT2D eigenvalue weighted by Crippen LogP contribution is 2.28. The molecule has 0 fully saturated rings. The van der Waals surface area contributed by atoms with Crippen molar-refractivity contribution in [1.82, 2.24) is 19.8 Å². The van der Waals surface area contributed by atoms with Crippen LogP contribution in [0.25, 0.3) is 10.9 Å². The maximum atomic E-state index is 13.3. The molecule has 3 amide bonds. The summed E-state index contributed by atoms with van der Waals surface area (Å²) >= 11 is 1.18. The lowest BCUT2D eigenvalue weighted by Gasteiger charge is -2.31. The highest BCUT2D eigenvalue weighted by atomic mass is 32.2. The summed E-state index contributed by atoms with van der Waals surface area (Å²) in [6.45, 7) is 13.4. The van der Waals surface area contributed by atoms with Gasteiger partial charge >= 0.3 is 6.03 Å². The highest BCUT2D eigenvalue weighted by molar-refractivity contribution is 8.00. The molecular formula is C22H33N5O3S. The number of hydrogen-bond acceptors (Lipinski definition) is 6. The van der Waals surface area contributed by atoms with Crippen LogP contribution >= 0.6 is 11.8 Å². The van der Waals surface area contributed by atoms with Crippen LogP contribution < -0.4 is 16.6 Å². The fourth-order valence-electron chi connectivity index (χ4n) is 3.56. The Hall–Kier alpha value is -2.39. The number of thioether (sulfide) groups is 1. The van der Waals surface area contributed by atoms with Gasteiger partial charge in [-0.1, -0.05) is 37.7 Å². The van der Waals surface area contributed by atoms with Gasteiger partial charge in [-0.05, 0) is 45.7 Å². The molecule has 0 saturated carbocycles. The number of urea groups is 1. The van der Waals surface area contributed by atoms with Crippen molar-refractivity contribution in [1.29, 1.82) is 0 Å². The van der Waals surface area contributed by atoms with E-state index in [0.717, 1.165) is 0 Å². The Kier molecular flexibility index (Phi) is 8.64. The van der Waals surface area contributed by atoms with E-state index in [4.69, 9.17) is 10.7 Å². The molecule has 0 aliphatic heterocycles. The van der Waals surface area contributed by atoms with E-state index in [1.54, 1.807) is 16.7 Å². The van der Waals surface area contributed by atoms with Gasteiger partial charge in [0.1, 0.15) is 0 Å². The Morgan fingerprint density at radius 1 is 1.13 bits per heavy atom. The smallest absolute Gasteiger partial charge is 0.318 e. The van der Waals surface area contributed by atoms with E-state index < -0.39 is 17.2 Å². The van der Waals surface area contributed by atoms with Crippen molar-refractivity contribution >= 4 is 34.6 Å². The number of hydrogen-bond donors (Lipinski definition) is 2. The number of carbonyl (C=O) groups is 2. The third kappa shape index (κ3) is 6.30. The molecular weight excluding hydrogens is 414 g/mol. The summed E-state index contributed by atoms with van der Waals surface area (Å²) < 4.78 is 1.64. The quantitative estimate of drug-likeness (QED) is 0.452. The molecule has 8 nitrogen and oxygen atoms in total. The first-order valence-corrected chi connectivity index (χ1v) is 11.4. The van der Waals surface area contributed by atoms with Crippen molar-refractivity contribution in [2.24, 2.45) is 11.7 Å². The Morgan fingerprint density at radius 2 is 1.74 bits per heavy atom. The molecule has 2 aromatic rings. The summed E-state index contributed by atoms with van der Waals surface area (Å²) in [5.41, 5.74) is 5.57. The second kappa shape index (κ2) is 10.8. The van der Waals surface area contributed by atoms with Crippen LogP contribution in [-0.2, 0) is 11.3 Å². The van der Waals surface area contributed by atoms with Crippen LogP contribution in [0, 0.1) is 5.92 Å². The summed E-state index contributed by atoms with van der Waals surface area (Å²) in [6, 6.07) is 6.94. The number of aromatic nitrogens is 2. The molecule has 9 heteroatoms. The van der Waals surface area contributed by atoms with Crippen molar-refractivity contribution in [2.45, 2.75) is 70.6 Å². The number of para-hydroxylation sites is 1. The largest absolute Gasteiger partial charge is 0.351 e. The zero-order valence-corrected chi connectivity index (χ0v) is 19.9. The normalized spacial score (nSPS) is 12.8. The van der Waals surface area contributed by atoms with Crippen LogP contribution in [0.15, 0.2) is 34.2 Å². The molecule has 31 heavy (non-hydrogen) atoms. The molecule has 1 unspecified atom stereocenters. The third-order valence-corrected chi connectivity index (χ3v) is 6.61. The van der Waals surface area contributed by atoms with Crippen LogP contribution in [0.2, 0.25) is 0 Å². The zero-order chi connectivity index (χ0) is 23.3. The molecule has 3 N–H and O–H groups in total. The fraction of sp³-hybridized carbons (Fsp3) is 0.545. The van der Waals surface area contributed by atoms with E-state index in [-0.39, 0.29) is 11.5 Å². The maximum Gasteiger partial charge on any atom is 0.318 e. The van der Waals surface area contributed by atoms with E-state index in [9.17, 15) is 14.4 Å². The van der Waals surface area contributed by atoms with Gasteiger partial charge in [-0.2, -0.15) is 0 Å². The van der Waals surface area contributed by atoms with Gasteiger partial charge in [0, 0.05) is 25.2 Å². The molecule has 170 valence electrons. The van der Waals surface area contributed by atoms with E-state index in [2.05, 4.69) is 37.9 Å². The molecule has 0 bridgehead atoms. The lowest BCUT2D eigenvalue weighted by Crippen LogP contribution is -2.43. The Labute approximate surface area is 187 Å². The van der Waals surface area contributed by atoms with Gasteiger partial charge in [0.05, 0.1) is 16.2 Å². The summed E-state index contributed by atoms with van der Waals surface area (Å²) in [7, 11) is 0. The van der Waals surface area contributed by atoms with Crippen LogP contribution in [0.5, 0.6) is 0 Å². The van der Waals surface area contributed by atoms with Crippen molar-refractivity contribution in [2.75, 3.05) is 6.54 Å². The first-order chi connectivity index (χ1) is 14.5. The molecule has 2 rings (SSSR count). The van der Waals surface area contributed by atoms with Gasteiger partial charge in [0.25, 0.3) is 5.56 Å². The summed E-state index contributed by atoms with van der Waals surface area (Å²) in [5.74, 6) is -0.601. The molecule has 1 aromatic carbocycles. The fourth-order valence-corrected chi connectivity index (χ4v) is 4.68. The predicted molar refractivity (Wildman–Crippen MR) is 125 cm³/mol. The molecule has 0 radical (unpaired) electrons. The monoisotopic (exact) mass is 447 g/mol. The number of fused-ring (bicyclic) bond motifs is 1. The maximum absolute atomic E-state index is 13.3. The van der Waals surface area contributed by atoms with Gasteiger partial charge in [-0.3, -0.25) is 24.4 Å². The SMILES string of the molecule is CC(C)C(Sc1nc2ccccc2c(=O)n1CCN(C(C)C)C(C)C)C(=O)NC(N)=O. The van der Waals surface area contributed by atoms with Crippen molar-refractivity contribution in [3.8, 4) is 0 Å². The number of nitrogens with one attached hydrogen (secondary N) is 1. The van der Waals surface area contributed by atoms with Gasteiger partial charge < -0.3 is 5.73 Å². The standard InChI is InChI=1S/C22H33N5O3S/c1-13(2)18(19(28)25-21(23)30)31-22-24-17-10-8-7-9-16(17)20(29)27(22)12-11-26(14(3)4)15(5)6/h7-10,13-15,18H,11-12H2,1-6H3,(H3,23,25,28,30). The van der Waals surface area contributed by atoms with Gasteiger partial charge in [0.15, 0.2) is 5.16 Å². The minimum Gasteiger partial charge on any atom is -0.351 e. The minimum absolute atomic E-state index is 0.107. The zero-order valence-electron chi connectivity index (χ0n) is 19.1. The van der Waals surface area contributed by atoms with E-state index in [0.29, 0.717) is 41.2 Å². The Morgan fingerprint density at radius 3 is 2.29 bits per heavy atom. The topological polar surface area (TPSA) is 110 Å². The van der Waals surface area contributed by atoms with E-state index in [1.165, 1.54) is 11.8 Å². The van der Waals surface area contributed by atoms with Crippen molar-refractivity contribution < 1.29 is 9.59 Å². The number of amides is 3. The Bertz CT molecular complexity index is 979. The first kappa shape index (κ1) is 24.9. The number of nitrogens with zero attached hydrogens (tertiary/aromatic N) is 3. The second-order valence-corrected chi connectivity index (χ2v) is 9.54. The minimum atomic E-state index is -0.899. The van der Waals surface area contributed by atoms with Crippen molar-refractivity contribution in [3.63, 3.8) is 0 Å². The summed E-state index contributed by atoms with van der Waals surface area (Å²) in [5, 5.41) is 2.52. The highest BCUT2D eigenvalue weighted by Gasteiger charge is 2.27.